The Morgan fingerprint density at radius 3 is 0.687 bits per heavy atom. The number of benzene rings is 18. The quantitative estimate of drug-likeness (QED) is 0.100. The third-order valence-corrected chi connectivity index (χ3v) is 27.9. The molecule has 0 saturated carbocycles. The Labute approximate surface area is 831 Å². The van der Waals surface area contributed by atoms with Gasteiger partial charge in [-0.15, -0.1) is 0 Å². The van der Waals surface area contributed by atoms with Crippen molar-refractivity contribution >= 4 is 196 Å². The number of rotatable bonds is 0. The molecule has 36 nitrogen and oxygen atoms in total. The zero-order valence-corrected chi connectivity index (χ0v) is 77.0. The van der Waals surface area contributed by atoms with E-state index in [1.807, 2.05) is 109 Å². The predicted octanol–water partition coefficient (Wildman–Crippen LogP) is 21.3. The first-order valence-electron chi connectivity index (χ1n) is 46.9. The van der Waals surface area contributed by atoms with E-state index in [-0.39, 0.29) is 114 Å². The lowest BCUT2D eigenvalue weighted by Gasteiger charge is -2.08. The highest BCUT2D eigenvalue weighted by molar-refractivity contribution is 6.18. The molecule has 0 fully saturated rings. The normalized spacial score (nSPS) is 14.7. The minimum atomic E-state index is -0.173. The highest BCUT2D eigenvalue weighted by Crippen LogP contribution is 2.53. The van der Waals surface area contributed by atoms with Crippen LogP contribution in [0.25, 0.3) is 196 Å². The summed E-state index contributed by atoms with van der Waals surface area (Å²) in [5.74, 6) is 13.8. The molecule has 150 heavy (non-hydrogen) atoms. The third-order valence-electron chi connectivity index (χ3n) is 27.9. The Kier molecular flexibility index (Phi) is 17.9. The number of ether oxygens (including phenoxy) is 24. The van der Waals surface area contributed by atoms with Gasteiger partial charge in [0.25, 0.3) is 0 Å². The molecule has 36 heteroatoms. The number of hydrogen-bond donors (Lipinski definition) is 0. The second-order valence-electron chi connectivity index (χ2n) is 35.8. The Balaban J connectivity index is 0.0000000810. The first kappa shape index (κ1) is 84.1. The van der Waals surface area contributed by atoms with Gasteiger partial charge in [0.1, 0.15) is 66.6 Å². The van der Waals surface area contributed by atoms with E-state index < -0.39 is 0 Å². The maximum atomic E-state index is 13.4. The van der Waals surface area contributed by atoms with Crippen LogP contribution in [0.15, 0.2) is 274 Å². The largest absolute Gasteiger partial charge is 0.456 e. The van der Waals surface area contributed by atoms with Crippen molar-refractivity contribution in [3.63, 3.8) is 0 Å². The van der Waals surface area contributed by atoms with Crippen molar-refractivity contribution in [1.82, 2.24) is 0 Å². The van der Waals surface area contributed by atoms with E-state index >= 15 is 0 Å². The monoisotopic (exact) mass is 2000 g/mol. The van der Waals surface area contributed by atoms with E-state index in [9.17, 15) is 28.8 Å². The zero-order valence-electron chi connectivity index (χ0n) is 77.0. The third kappa shape index (κ3) is 12.7. The van der Waals surface area contributed by atoms with Crippen LogP contribution in [-0.4, -0.2) is 81.5 Å². The van der Waals surface area contributed by atoms with Crippen molar-refractivity contribution in [2.75, 3.05) is 81.5 Å². The van der Waals surface area contributed by atoms with E-state index in [1.54, 1.807) is 109 Å². The molecule has 12 aliphatic rings. The van der Waals surface area contributed by atoms with Gasteiger partial charge in [-0.2, -0.15) is 0 Å². The van der Waals surface area contributed by atoms with Gasteiger partial charge in [-0.25, -0.2) is 0 Å². The summed E-state index contributed by atoms with van der Waals surface area (Å²) >= 11 is 0. The fourth-order valence-electron chi connectivity index (χ4n) is 21.1. The van der Waals surface area contributed by atoms with Crippen LogP contribution in [0.3, 0.4) is 0 Å². The predicted molar refractivity (Wildman–Crippen MR) is 538 cm³/mol. The van der Waals surface area contributed by atoms with Crippen LogP contribution in [0, 0.1) is 0 Å². The van der Waals surface area contributed by atoms with Crippen LogP contribution >= 0.6 is 0 Å². The van der Waals surface area contributed by atoms with Gasteiger partial charge in [0.15, 0.2) is 138 Å². The van der Waals surface area contributed by atoms with E-state index in [0.29, 0.717) is 286 Å². The molecule has 732 valence electrons. The first-order valence-corrected chi connectivity index (χ1v) is 46.9. The van der Waals surface area contributed by atoms with Gasteiger partial charge in [-0.3, -0.25) is 28.8 Å². The molecule has 0 N–H and O–H groups in total. The zero-order chi connectivity index (χ0) is 99.3. The molecule has 0 amide bonds. The average Bonchev–Trinajstić information content (AvgIpc) is 1.38. The minimum absolute atomic E-state index is 0.0911. The molecule has 36 rings (SSSR count). The fourth-order valence-corrected chi connectivity index (χ4v) is 21.1. The standard InChI is InChI=1S/6C19H10O6/c20-16-10-3-6-13-19(24-8-22-13)17(10)25-11-4-1-9-2-5-12-18(23-7-21-12)14(9)15(11)16;20-17-10-2-4-13-19(24-8-21-13)18(10)25-12-3-1-9-5-14-15(23-7-22-14)6-11(9)16(12)17;20-18-10-5-14-15(23-7-22-14)6-13(10)25-11-3-1-9-2-4-12-19(24-8-21-12)16(9)17(11)18;20-17-15-10(25-11-5-6-13-19(16(11)17)24-8-22-13)3-1-9-2-4-12-18(14(9)15)23-7-21-12;20-19-11-5-16-17(24-8-23-16)6-13(11)25-12-2-1-9-3-14-15(22-7-21-14)4-10(9)18(12)19;20-18-16-10-6-15-14(22-7-23-15)5-9(10)1-2-11(16)25-12-3-4-13-19(17(12)18)24-8-21-13/h6*1-6H,7-8H2. The molecule has 18 heterocycles. The maximum absolute atomic E-state index is 13.4. The van der Waals surface area contributed by atoms with Crippen LogP contribution in [0.5, 0.6) is 138 Å². The molecule has 24 aromatic rings. The summed E-state index contributed by atoms with van der Waals surface area (Å²) in [6.07, 6.45) is 0. The van der Waals surface area contributed by atoms with Gasteiger partial charge in [-0.05, 0) is 184 Å². The topological polar surface area (TPSA) is 403 Å². The molecule has 12 aliphatic heterocycles. The van der Waals surface area contributed by atoms with E-state index in [4.69, 9.17) is 140 Å². The Morgan fingerprint density at radius 1 is 0.127 bits per heavy atom. The smallest absolute Gasteiger partial charge is 0.231 e. The van der Waals surface area contributed by atoms with Crippen LogP contribution in [0.2, 0.25) is 0 Å². The van der Waals surface area contributed by atoms with Gasteiger partial charge < -0.3 is 140 Å². The maximum Gasteiger partial charge on any atom is 0.231 e. The van der Waals surface area contributed by atoms with Crippen molar-refractivity contribution < 1.29 is 140 Å². The van der Waals surface area contributed by atoms with Crippen molar-refractivity contribution in [3.05, 3.63) is 280 Å². The van der Waals surface area contributed by atoms with E-state index in [2.05, 4.69) is 0 Å². The summed E-state index contributed by atoms with van der Waals surface area (Å²) in [4.78, 5) is 79.5. The lowest BCUT2D eigenvalue weighted by Crippen LogP contribution is -2.04. The number of hydrogen-bond acceptors (Lipinski definition) is 36. The van der Waals surface area contributed by atoms with Gasteiger partial charge in [0.05, 0.1) is 53.9 Å². The summed E-state index contributed by atoms with van der Waals surface area (Å²) in [7, 11) is 0. The molecule has 0 saturated heterocycles. The Bertz CT molecular complexity index is 10500. The Hall–Kier alpha value is -20.5. The molecule has 0 atom stereocenters. The van der Waals surface area contributed by atoms with Crippen LogP contribution < -0.4 is 146 Å². The van der Waals surface area contributed by atoms with E-state index in [0.717, 1.165) is 48.5 Å². The summed E-state index contributed by atoms with van der Waals surface area (Å²) in [5, 5.41) is 15.3. The van der Waals surface area contributed by atoms with Crippen molar-refractivity contribution in [3.8, 4) is 138 Å². The molecule has 0 bridgehead atoms. The van der Waals surface area contributed by atoms with E-state index in [1.165, 1.54) is 0 Å². The molecule has 0 aliphatic carbocycles. The molecule has 18 aromatic carbocycles. The molecular formula is C114H60O36. The van der Waals surface area contributed by atoms with Gasteiger partial charge >= 0.3 is 0 Å². The van der Waals surface area contributed by atoms with Crippen molar-refractivity contribution in [2.24, 2.45) is 0 Å². The van der Waals surface area contributed by atoms with Crippen LogP contribution in [-0.2, 0) is 0 Å². The lowest BCUT2D eigenvalue weighted by atomic mass is 10.0. The second-order valence-corrected chi connectivity index (χ2v) is 35.8. The average molecular weight is 2010 g/mol. The first-order chi connectivity index (χ1) is 73.8. The SMILES string of the molecule is O=c1c2c3c(ccc2oc2ccc4cc5c(cc4c12)OCO5)OCO3.O=c1c2c3c(ccc2oc2ccc4ccc5c(c4c12)OCO5)OCO3.O=c1c2cc3c(cc2oc2ccc4cc5c(cc4c12)OCO5)OCO3.O=c1c2cc3c(cc2oc2ccc4ccc5c(c4c12)OCO5)OCO3.O=c1c2ccc3c(c2oc2ccc4cc5c(cc4c12)OCO5)OCO3.O=c1c2ccc3c(c2oc2ccc4ccc5c(c4c12)OCO5)OCO3. The molecular weight excluding hydrogens is 1950 g/mol. The van der Waals surface area contributed by atoms with Crippen molar-refractivity contribution in [2.45, 2.75) is 0 Å². The lowest BCUT2D eigenvalue weighted by molar-refractivity contribution is 0.173. The Morgan fingerprint density at radius 2 is 0.327 bits per heavy atom. The summed E-state index contributed by atoms with van der Waals surface area (Å²) in [6, 6.07) is 65.1. The fraction of sp³-hybridized carbons (Fsp3) is 0.105. The minimum Gasteiger partial charge on any atom is -0.456 e. The summed E-state index contributed by atoms with van der Waals surface area (Å²) in [6.45, 7) is 1.68. The molecule has 0 spiro atoms. The van der Waals surface area contributed by atoms with Gasteiger partial charge in [-0.1, -0.05) is 54.6 Å². The van der Waals surface area contributed by atoms with Crippen LogP contribution in [0.1, 0.15) is 0 Å². The van der Waals surface area contributed by atoms with Crippen LogP contribution in [0.4, 0.5) is 0 Å². The highest BCUT2D eigenvalue weighted by Gasteiger charge is 2.34. The highest BCUT2D eigenvalue weighted by atomic mass is 16.7. The van der Waals surface area contributed by atoms with Gasteiger partial charge in [0, 0.05) is 44.5 Å². The molecule has 6 aromatic heterocycles. The van der Waals surface area contributed by atoms with Gasteiger partial charge in [0.2, 0.25) is 126 Å². The molecule has 0 radical (unpaired) electrons. The second kappa shape index (κ2) is 32.0. The summed E-state index contributed by atoms with van der Waals surface area (Å²) < 4.78 is 167. The van der Waals surface area contributed by atoms with Crippen molar-refractivity contribution in [1.29, 1.82) is 0 Å². The number of fused-ring (bicyclic) bond motifs is 43. The summed E-state index contributed by atoms with van der Waals surface area (Å²) in [5.41, 5.74) is 4.85. The molecule has 0 unspecified atom stereocenters.